The van der Waals surface area contributed by atoms with Gasteiger partial charge < -0.3 is 4.74 Å². The van der Waals surface area contributed by atoms with Gasteiger partial charge in [-0.05, 0) is 49.4 Å². The number of rotatable bonds is 5. The number of aliphatic imine (C=N–C) groups is 1. The van der Waals surface area contributed by atoms with Gasteiger partial charge in [0, 0.05) is 12.1 Å². The largest absolute Gasteiger partial charge is 0.496 e. The van der Waals surface area contributed by atoms with Gasteiger partial charge in [0.25, 0.3) is 5.91 Å². The Kier molecular flexibility index (Phi) is 5.78. The van der Waals surface area contributed by atoms with Gasteiger partial charge in [-0.15, -0.1) is 0 Å². The van der Waals surface area contributed by atoms with E-state index in [1.54, 1.807) is 12.0 Å². The van der Waals surface area contributed by atoms with Crippen LogP contribution >= 0.6 is 11.8 Å². The summed E-state index contributed by atoms with van der Waals surface area (Å²) < 4.78 is 5.39. The number of methoxy groups -OCH3 is 1. The van der Waals surface area contributed by atoms with Gasteiger partial charge in [0.1, 0.15) is 5.75 Å². The smallest absolute Gasteiger partial charge is 0.266 e. The fourth-order valence-corrected chi connectivity index (χ4v) is 3.68. The van der Waals surface area contributed by atoms with Gasteiger partial charge in [-0.1, -0.05) is 42.8 Å². The Morgan fingerprint density at radius 3 is 2.58 bits per heavy atom. The second kappa shape index (κ2) is 8.23. The molecule has 0 radical (unpaired) electrons. The van der Waals surface area contributed by atoms with Crippen LogP contribution < -0.4 is 4.74 Å². The molecule has 0 aromatic heterocycles. The Balaban J connectivity index is 1.95. The number of carbonyl (C=O) groups excluding carboxylic acids is 1. The minimum atomic E-state index is -0.00591. The Morgan fingerprint density at radius 1 is 1.15 bits per heavy atom. The van der Waals surface area contributed by atoms with Crippen molar-refractivity contribution in [1.82, 2.24) is 4.90 Å². The van der Waals surface area contributed by atoms with Crippen LogP contribution in [-0.4, -0.2) is 29.6 Å². The molecule has 0 saturated carbocycles. The van der Waals surface area contributed by atoms with Crippen LogP contribution in [0.3, 0.4) is 0 Å². The van der Waals surface area contributed by atoms with Crippen molar-refractivity contribution < 1.29 is 9.53 Å². The van der Waals surface area contributed by atoms with Crippen LogP contribution in [0.25, 0.3) is 6.08 Å². The first-order chi connectivity index (χ1) is 12.6. The number of hydrogen-bond donors (Lipinski definition) is 0. The summed E-state index contributed by atoms with van der Waals surface area (Å²) in [5, 5.41) is 0.724. The van der Waals surface area contributed by atoms with Gasteiger partial charge in [0.2, 0.25) is 0 Å². The van der Waals surface area contributed by atoms with E-state index < -0.39 is 0 Å². The van der Waals surface area contributed by atoms with Crippen LogP contribution in [0.2, 0.25) is 0 Å². The van der Waals surface area contributed by atoms with Crippen LogP contribution in [0.5, 0.6) is 5.75 Å². The quantitative estimate of drug-likeness (QED) is 0.698. The molecule has 1 aliphatic rings. The van der Waals surface area contributed by atoms with E-state index in [4.69, 9.17) is 9.73 Å². The Labute approximate surface area is 158 Å². The molecule has 0 bridgehead atoms. The summed E-state index contributed by atoms with van der Waals surface area (Å²) in [7, 11) is 1.63. The molecule has 3 rings (SSSR count). The first-order valence-electron chi connectivity index (χ1n) is 8.62. The normalized spacial score (nSPS) is 17.3. The van der Waals surface area contributed by atoms with Gasteiger partial charge in [-0.25, -0.2) is 4.99 Å². The van der Waals surface area contributed by atoms with Crippen molar-refractivity contribution in [2.24, 2.45) is 4.99 Å². The predicted molar refractivity (Wildman–Crippen MR) is 109 cm³/mol. The van der Waals surface area contributed by atoms with Crippen molar-refractivity contribution in [3.63, 3.8) is 0 Å². The van der Waals surface area contributed by atoms with E-state index in [0.29, 0.717) is 11.4 Å². The van der Waals surface area contributed by atoms with E-state index in [2.05, 4.69) is 6.92 Å². The molecule has 1 heterocycles. The molecule has 0 unspecified atom stereocenters. The summed E-state index contributed by atoms with van der Waals surface area (Å²) in [6.45, 7) is 4.76. The van der Waals surface area contributed by atoms with Gasteiger partial charge >= 0.3 is 0 Å². The second-order valence-corrected chi connectivity index (χ2v) is 7.05. The summed E-state index contributed by atoms with van der Waals surface area (Å²) in [5.41, 5.74) is 2.93. The zero-order chi connectivity index (χ0) is 18.5. The minimum Gasteiger partial charge on any atom is -0.496 e. The molecule has 4 nitrogen and oxygen atoms in total. The standard InChI is InChI=1S/C21H22N2O2S/c1-4-13-23-20(24)19(14-16-7-5-6-8-18(16)25-3)26-21(23)22-17-11-9-15(2)10-12-17/h5-12,14H,4,13H2,1-3H3/b19-14+,22-21?. The molecule has 1 amide bonds. The van der Waals surface area contributed by atoms with Crippen molar-refractivity contribution in [3.05, 3.63) is 64.6 Å². The third-order valence-corrected chi connectivity index (χ3v) is 5.03. The van der Waals surface area contributed by atoms with Crippen LogP contribution in [0.1, 0.15) is 24.5 Å². The SMILES string of the molecule is CCCN1C(=O)/C(=C\c2ccccc2OC)SC1=Nc1ccc(C)cc1. The molecule has 5 heteroatoms. The molecule has 0 aliphatic carbocycles. The van der Waals surface area contributed by atoms with Crippen LogP contribution in [-0.2, 0) is 4.79 Å². The molecule has 2 aromatic carbocycles. The molecule has 1 saturated heterocycles. The molecular formula is C21H22N2O2S. The number of thioether (sulfide) groups is 1. The molecular weight excluding hydrogens is 344 g/mol. The van der Waals surface area contributed by atoms with Crippen molar-refractivity contribution in [2.75, 3.05) is 13.7 Å². The van der Waals surface area contributed by atoms with Crippen molar-refractivity contribution in [2.45, 2.75) is 20.3 Å². The van der Waals surface area contributed by atoms with Crippen LogP contribution in [0.15, 0.2) is 58.4 Å². The summed E-state index contributed by atoms with van der Waals surface area (Å²) in [6.07, 6.45) is 2.76. The zero-order valence-corrected chi connectivity index (χ0v) is 16.0. The van der Waals surface area contributed by atoms with E-state index in [1.165, 1.54) is 17.3 Å². The van der Waals surface area contributed by atoms with E-state index >= 15 is 0 Å². The van der Waals surface area contributed by atoms with Crippen molar-refractivity contribution in [1.29, 1.82) is 0 Å². The summed E-state index contributed by atoms with van der Waals surface area (Å²) in [4.78, 5) is 20.0. The number of amides is 1. The number of para-hydroxylation sites is 1. The monoisotopic (exact) mass is 366 g/mol. The number of nitrogens with zero attached hydrogens (tertiary/aromatic N) is 2. The lowest BCUT2D eigenvalue weighted by atomic mass is 10.2. The number of aryl methyl sites for hydroxylation is 1. The van der Waals surface area contributed by atoms with Gasteiger partial charge in [0.05, 0.1) is 17.7 Å². The number of hydrogen-bond acceptors (Lipinski definition) is 4. The molecule has 0 atom stereocenters. The van der Waals surface area contributed by atoms with Gasteiger partial charge in [-0.2, -0.15) is 0 Å². The minimum absolute atomic E-state index is 0.00591. The maximum Gasteiger partial charge on any atom is 0.266 e. The molecule has 1 fully saturated rings. The highest BCUT2D eigenvalue weighted by Crippen LogP contribution is 2.35. The first-order valence-corrected chi connectivity index (χ1v) is 9.44. The van der Waals surface area contributed by atoms with E-state index in [-0.39, 0.29) is 5.91 Å². The third kappa shape index (κ3) is 3.99. The average Bonchev–Trinajstić information content (AvgIpc) is 2.93. The number of carbonyl (C=O) groups is 1. The third-order valence-electron chi connectivity index (χ3n) is 4.02. The lowest BCUT2D eigenvalue weighted by Gasteiger charge is -2.14. The second-order valence-electron chi connectivity index (χ2n) is 6.04. The molecule has 0 N–H and O–H groups in total. The highest BCUT2D eigenvalue weighted by molar-refractivity contribution is 8.18. The molecule has 1 aliphatic heterocycles. The number of amidine groups is 1. The van der Waals surface area contributed by atoms with E-state index in [0.717, 1.165) is 28.6 Å². The number of ether oxygens (including phenoxy) is 1. The summed E-state index contributed by atoms with van der Waals surface area (Å²) in [6, 6.07) is 15.7. The van der Waals surface area contributed by atoms with Crippen molar-refractivity contribution in [3.8, 4) is 5.75 Å². The van der Waals surface area contributed by atoms with E-state index in [1.807, 2.05) is 61.5 Å². The van der Waals surface area contributed by atoms with Gasteiger partial charge in [0.15, 0.2) is 5.17 Å². The van der Waals surface area contributed by atoms with Crippen LogP contribution in [0, 0.1) is 6.92 Å². The lowest BCUT2D eigenvalue weighted by molar-refractivity contribution is -0.122. The van der Waals surface area contributed by atoms with Crippen molar-refractivity contribution >= 4 is 34.6 Å². The molecule has 0 spiro atoms. The Hall–Kier alpha value is -2.53. The fourth-order valence-electron chi connectivity index (χ4n) is 2.67. The highest BCUT2D eigenvalue weighted by Gasteiger charge is 2.32. The lowest BCUT2D eigenvalue weighted by Crippen LogP contribution is -2.29. The van der Waals surface area contributed by atoms with E-state index in [9.17, 15) is 4.79 Å². The Morgan fingerprint density at radius 2 is 1.88 bits per heavy atom. The Bertz CT molecular complexity index is 857. The number of benzene rings is 2. The molecule has 2 aromatic rings. The topological polar surface area (TPSA) is 41.9 Å². The highest BCUT2D eigenvalue weighted by atomic mass is 32.2. The maximum absolute atomic E-state index is 12.9. The fraction of sp³-hybridized carbons (Fsp3) is 0.238. The predicted octanol–water partition coefficient (Wildman–Crippen LogP) is 5.02. The summed E-state index contributed by atoms with van der Waals surface area (Å²) >= 11 is 1.41. The molecule has 134 valence electrons. The molecule has 26 heavy (non-hydrogen) atoms. The maximum atomic E-state index is 12.9. The average molecular weight is 366 g/mol. The first kappa shape index (κ1) is 18.3. The van der Waals surface area contributed by atoms with Gasteiger partial charge in [-0.3, -0.25) is 9.69 Å². The summed E-state index contributed by atoms with van der Waals surface area (Å²) in [5.74, 6) is 0.744. The van der Waals surface area contributed by atoms with Crippen LogP contribution in [0.4, 0.5) is 5.69 Å². The zero-order valence-electron chi connectivity index (χ0n) is 15.2.